The first kappa shape index (κ1) is 15.4. The first-order valence-corrected chi connectivity index (χ1v) is 8.04. The van der Waals surface area contributed by atoms with Gasteiger partial charge in [0.25, 0.3) is 0 Å². The van der Waals surface area contributed by atoms with E-state index in [0.29, 0.717) is 0 Å². The summed E-state index contributed by atoms with van der Waals surface area (Å²) in [5, 5.41) is 3.59. The van der Waals surface area contributed by atoms with Crippen molar-refractivity contribution in [2.24, 2.45) is 5.41 Å². The van der Waals surface area contributed by atoms with Crippen LogP contribution < -0.4 is 10.1 Å². The van der Waals surface area contributed by atoms with Crippen molar-refractivity contribution in [3.63, 3.8) is 0 Å². The third kappa shape index (κ3) is 5.54. The summed E-state index contributed by atoms with van der Waals surface area (Å²) in [4.78, 5) is 0. The number of nitrogens with one attached hydrogen (secondary N) is 1. The molecule has 112 valence electrons. The van der Waals surface area contributed by atoms with Gasteiger partial charge in [-0.1, -0.05) is 39.3 Å². The summed E-state index contributed by atoms with van der Waals surface area (Å²) in [6.07, 6.45) is 6.38. The summed E-state index contributed by atoms with van der Waals surface area (Å²) in [6.45, 7) is 8.55. The Balaban J connectivity index is 1.74. The fourth-order valence-electron chi connectivity index (χ4n) is 2.17. The number of hydrogen-bond donors (Lipinski definition) is 1. The molecule has 1 N–H and O–H groups in total. The summed E-state index contributed by atoms with van der Waals surface area (Å²) >= 11 is 0. The van der Waals surface area contributed by atoms with Crippen molar-refractivity contribution in [2.45, 2.75) is 58.9 Å². The molecule has 1 aromatic carbocycles. The van der Waals surface area contributed by atoms with E-state index in [9.17, 15) is 0 Å². The molecule has 0 aromatic heterocycles. The maximum Gasteiger partial charge on any atom is 0.119 e. The fraction of sp³-hybridized carbons (Fsp3) is 0.667. The van der Waals surface area contributed by atoms with Crippen LogP contribution in [-0.4, -0.2) is 19.2 Å². The molecule has 2 heteroatoms. The van der Waals surface area contributed by atoms with E-state index in [1.165, 1.54) is 37.7 Å². The maximum atomic E-state index is 5.94. The van der Waals surface area contributed by atoms with Gasteiger partial charge in [0.1, 0.15) is 5.75 Å². The van der Waals surface area contributed by atoms with Gasteiger partial charge >= 0.3 is 0 Å². The van der Waals surface area contributed by atoms with Crippen molar-refractivity contribution in [1.29, 1.82) is 0 Å². The zero-order valence-corrected chi connectivity index (χ0v) is 13.2. The summed E-state index contributed by atoms with van der Waals surface area (Å²) in [7, 11) is 0. The van der Waals surface area contributed by atoms with Crippen LogP contribution in [0.25, 0.3) is 0 Å². The number of ether oxygens (including phenoxy) is 1. The Morgan fingerprint density at radius 1 is 1.20 bits per heavy atom. The van der Waals surface area contributed by atoms with Gasteiger partial charge in [0.2, 0.25) is 0 Å². The van der Waals surface area contributed by atoms with Crippen LogP contribution in [0.2, 0.25) is 0 Å². The van der Waals surface area contributed by atoms with E-state index in [2.05, 4.69) is 50.4 Å². The Morgan fingerprint density at radius 3 is 2.50 bits per heavy atom. The molecule has 0 unspecified atom stereocenters. The van der Waals surface area contributed by atoms with E-state index in [-0.39, 0.29) is 5.41 Å². The van der Waals surface area contributed by atoms with E-state index in [0.717, 1.165) is 24.9 Å². The quantitative estimate of drug-likeness (QED) is 0.730. The van der Waals surface area contributed by atoms with Gasteiger partial charge in [-0.25, -0.2) is 0 Å². The fourth-order valence-corrected chi connectivity index (χ4v) is 2.17. The molecule has 0 heterocycles. The van der Waals surface area contributed by atoms with Crippen LogP contribution in [0.15, 0.2) is 24.3 Å². The van der Waals surface area contributed by atoms with Gasteiger partial charge in [-0.2, -0.15) is 0 Å². The van der Waals surface area contributed by atoms with Crippen LogP contribution in [0.4, 0.5) is 0 Å². The van der Waals surface area contributed by atoms with Crippen molar-refractivity contribution in [3.8, 4) is 5.75 Å². The Labute approximate surface area is 123 Å². The maximum absolute atomic E-state index is 5.94. The lowest BCUT2D eigenvalue weighted by atomic mass is 9.95. The predicted octanol–water partition coefficient (Wildman–Crippen LogP) is 4.19. The van der Waals surface area contributed by atoms with Crippen LogP contribution in [0.1, 0.15) is 52.0 Å². The molecular formula is C18H29NO. The lowest BCUT2D eigenvalue weighted by Gasteiger charge is -2.25. The molecule has 2 rings (SSSR count). The average Bonchev–Trinajstić information content (AvgIpc) is 3.26. The highest BCUT2D eigenvalue weighted by Crippen LogP contribution is 2.23. The van der Waals surface area contributed by atoms with Crippen LogP contribution >= 0.6 is 0 Å². The minimum Gasteiger partial charge on any atom is -0.493 e. The van der Waals surface area contributed by atoms with E-state index < -0.39 is 0 Å². The summed E-state index contributed by atoms with van der Waals surface area (Å²) in [6, 6.07) is 9.37. The van der Waals surface area contributed by atoms with Crippen molar-refractivity contribution in [3.05, 3.63) is 29.8 Å². The molecular weight excluding hydrogens is 246 g/mol. The van der Waals surface area contributed by atoms with Crippen LogP contribution in [0, 0.1) is 5.41 Å². The van der Waals surface area contributed by atoms with E-state index in [1.807, 2.05) is 0 Å². The monoisotopic (exact) mass is 275 g/mol. The predicted molar refractivity (Wildman–Crippen MR) is 85.4 cm³/mol. The highest BCUT2D eigenvalue weighted by molar-refractivity contribution is 5.27. The smallest absolute Gasteiger partial charge is 0.119 e. The second-order valence-electron chi connectivity index (χ2n) is 6.86. The van der Waals surface area contributed by atoms with Gasteiger partial charge in [0.15, 0.2) is 0 Å². The minimum atomic E-state index is 0.184. The molecule has 1 aromatic rings. The molecule has 0 atom stereocenters. The highest BCUT2D eigenvalue weighted by atomic mass is 16.5. The normalized spacial score (nSPS) is 15.3. The average molecular weight is 275 g/mol. The molecule has 0 spiro atoms. The molecule has 1 aliphatic rings. The van der Waals surface area contributed by atoms with Crippen molar-refractivity contribution < 1.29 is 4.74 Å². The molecule has 1 saturated carbocycles. The minimum absolute atomic E-state index is 0.184. The lowest BCUT2D eigenvalue weighted by molar-refractivity contribution is 0.176. The number of unbranched alkanes of at least 4 members (excludes halogenated alkanes) is 1. The standard InChI is InChI=1S/C18H29NO/c1-4-5-6-15-7-11-17(12-8-15)20-14-18(2,3)13-19-16-9-10-16/h7-8,11-12,16,19H,4-6,9-10,13-14H2,1-3H3. The zero-order chi connectivity index (χ0) is 14.4. The Hall–Kier alpha value is -1.02. The summed E-state index contributed by atoms with van der Waals surface area (Å²) in [5.41, 5.74) is 1.59. The molecule has 0 bridgehead atoms. The van der Waals surface area contributed by atoms with E-state index in [1.54, 1.807) is 0 Å². The summed E-state index contributed by atoms with van der Waals surface area (Å²) < 4.78 is 5.94. The molecule has 1 fully saturated rings. The molecule has 1 aliphatic carbocycles. The van der Waals surface area contributed by atoms with Crippen LogP contribution in [0.3, 0.4) is 0 Å². The van der Waals surface area contributed by atoms with Gasteiger partial charge in [0.05, 0.1) is 6.61 Å². The molecule has 0 saturated heterocycles. The van der Waals surface area contributed by atoms with Crippen molar-refractivity contribution in [1.82, 2.24) is 5.32 Å². The topological polar surface area (TPSA) is 21.3 Å². The second kappa shape index (κ2) is 7.12. The van der Waals surface area contributed by atoms with Gasteiger partial charge < -0.3 is 10.1 Å². The first-order chi connectivity index (χ1) is 9.59. The third-order valence-corrected chi connectivity index (χ3v) is 3.82. The zero-order valence-electron chi connectivity index (χ0n) is 13.2. The highest BCUT2D eigenvalue weighted by Gasteiger charge is 2.25. The van der Waals surface area contributed by atoms with Crippen molar-refractivity contribution >= 4 is 0 Å². The number of rotatable bonds is 9. The van der Waals surface area contributed by atoms with E-state index >= 15 is 0 Å². The van der Waals surface area contributed by atoms with Crippen LogP contribution in [-0.2, 0) is 6.42 Å². The van der Waals surface area contributed by atoms with Crippen molar-refractivity contribution in [2.75, 3.05) is 13.2 Å². The summed E-state index contributed by atoms with van der Waals surface area (Å²) in [5.74, 6) is 0.991. The molecule has 0 amide bonds. The molecule has 0 radical (unpaired) electrons. The Kier molecular flexibility index (Phi) is 5.47. The largest absolute Gasteiger partial charge is 0.493 e. The Bertz CT molecular complexity index is 392. The first-order valence-electron chi connectivity index (χ1n) is 8.04. The molecule has 2 nitrogen and oxygen atoms in total. The number of aryl methyl sites for hydroxylation is 1. The van der Waals surface area contributed by atoms with Gasteiger partial charge in [-0.3, -0.25) is 0 Å². The number of benzene rings is 1. The van der Waals surface area contributed by atoms with Gasteiger partial charge in [-0.15, -0.1) is 0 Å². The van der Waals surface area contributed by atoms with E-state index in [4.69, 9.17) is 4.74 Å². The lowest BCUT2D eigenvalue weighted by Crippen LogP contribution is -2.35. The number of hydrogen-bond acceptors (Lipinski definition) is 2. The third-order valence-electron chi connectivity index (χ3n) is 3.82. The SMILES string of the molecule is CCCCc1ccc(OCC(C)(C)CNC2CC2)cc1. The molecule has 0 aliphatic heterocycles. The molecule has 20 heavy (non-hydrogen) atoms. The van der Waals surface area contributed by atoms with Crippen LogP contribution in [0.5, 0.6) is 5.75 Å². The van der Waals surface area contributed by atoms with Gasteiger partial charge in [-0.05, 0) is 43.4 Å². The second-order valence-corrected chi connectivity index (χ2v) is 6.86. The Morgan fingerprint density at radius 2 is 1.90 bits per heavy atom. The van der Waals surface area contributed by atoms with Gasteiger partial charge in [0, 0.05) is 18.0 Å².